The molecule has 0 radical (unpaired) electrons. The predicted molar refractivity (Wildman–Crippen MR) is 71.7 cm³/mol. The standard InChI is InChI=1S/C12H15FN4S/c1-9-15-12(18-16-9)17(7-3-6-14)11-5-2-4-10(13)8-11/h2,4-5,8H,3,6-7,14H2,1H3. The van der Waals surface area contributed by atoms with Gasteiger partial charge in [0.1, 0.15) is 11.6 Å². The summed E-state index contributed by atoms with van der Waals surface area (Å²) >= 11 is 1.31. The molecular formula is C12H15FN4S. The molecule has 18 heavy (non-hydrogen) atoms. The first-order valence-electron chi connectivity index (χ1n) is 5.74. The number of hydrogen-bond acceptors (Lipinski definition) is 5. The number of anilines is 2. The van der Waals surface area contributed by atoms with Crippen LogP contribution < -0.4 is 10.6 Å². The van der Waals surface area contributed by atoms with E-state index in [2.05, 4.69) is 9.36 Å². The molecule has 0 saturated carbocycles. The molecule has 1 aromatic heterocycles. The molecule has 0 fully saturated rings. The largest absolute Gasteiger partial charge is 0.330 e. The van der Waals surface area contributed by atoms with Gasteiger partial charge in [0, 0.05) is 23.8 Å². The number of rotatable bonds is 5. The lowest BCUT2D eigenvalue weighted by atomic mass is 10.2. The fourth-order valence-electron chi connectivity index (χ4n) is 1.62. The average molecular weight is 266 g/mol. The highest BCUT2D eigenvalue weighted by Gasteiger charge is 2.13. The molecule has 96 valence electrons. The van der Waals surface area contributed by atoms with Crippen LogP contribution in [0, 0.1) is 12.7 Å². The van der Waals surface area contributed by atoms with Crippen LogP contribution in [0.4, 0.5) is 15.2 Å². The maximum absolute atomic E-state index is 13.3. The molecule has 1 heterocycles. The molecule has 4 nitrogen and oxygen atoms in total. The third-order valence-corrected chi connectivity index (χ3v) is 3.28. The van der Waals surface area contributed by atoms with E-state index in [0.29, 0.717) is 13.1 Å². The molecule has 0 aliphatic carbocycles. The van der Waals surface area contributed by atoms with E-state index in [1.165, 1.54) is 23.7 Å². The number of benzene rings is 1. The van der Waals surface area contributed by atoms with Gasteiger partial charge in [-0.2, -0.15) is 4.37 Å². The van der Waals surface area contributed by atoms with E-state index in [4.69, 9.17) is 5.73 Å². The van der Waals surface area contributed by atoms with Crippen molar-refractivity contribution in [1.29, 1.82) is 0 Å². The van der Waals surface area contributed by atoms with E-state index in [1.807, 2.05) is 17.9 Å². The van der Waals surface area contributed by atoms with Gasteiger partial charge in [0.15, 0.2) is 0 Å². The minimum absolute atomic E-state index is 0.258. The fourth-order valence-corrected chi connectivity index (χ4v) is 2.35. The lowest BCUT2D eigenvalue weighted by Crippen LogP contribution is -2.20. The number of hydrogen-bond donors (Lipinski definition) is 1. The monoisotopic (exact) mass is 266 g/mol. The molecule has 0 aliphatic rings. The minimum atomic E-state index is -0.258. The second kappa shape index (κ2) is 5.88. The molecule has 0 spiro atoms. The van der Waals surface area contributed by atoms with E-state index in [1.54, 1.807) is 6.07 Å². The molecule has 0 unspecified atom stereocenters. The number of nitrogens with two attached hydrogens (primary N) is 1. The van der Waals surface area contributed by atoms with E-state index in [-0.39, 0.29) is 5.82 Å². The molecule has 0 atom stereocenters. The predicted octanol–water partition coefficient (Wildman–Crippen LogP) is 2.47. The van der Waals surface area contributed by atoms with Gasteiger partial charge in [0.25, 0.3) is 0 Å². The van der Waals surface area contributed by atoms with Gasteiger partial charge in [-0.1, -0.05) is 6.07 Å². The molecular weight excluding hydrogens is 251 g/mol. The zero-order valence-electron chi connectivity index (χ0n) is 10.1. The van der Waals surface area contributed by atoms with E-state index < -0.39 is 0 Å². The first kappa shape index (κ1) is 12.9. The molecule has 0 amide bonds. The topological polar surface area (TPSA) is 55.0 Å². The SMILES string of the molecule is Cc1nsc(N(CCCN)c2cccc(F)c2)n1. The second-order valence-corrected chi connectivity index (χ2v) is 4.63. The summed E-state index contributed by atoms with van der Waals surface area (Å²) in [4.78, 5) is 6.29. The van der Waals surface area contributed by atoms with Crippen molar-refractivity contribution in [2.24, 2.45) is 5.73 Å². The van der Waals surface area contributed by atoms with Crippen LogP contribution in [0.15, 0.2) is 24.3 Å². The highest BCUT2D eigenvalue weighted by molar-refractivity contribution is 7.09. The Kier molecular flexibility index (Phi) is 4.22. The number of aromatic nitrogens is 2. The molecule has 2 aromatic rings. The quantitative estimate of drug-likeness (QED) is 0.903. The maximum atomic E-state index is 13.3. The van der Waals surface area contributed by atoms with Gasteiger partial charge < -0.3 is 10.6 Å². The summed E-state index contributed by atoms with van der Waals surface area (Å²) in [6.45, 7) is 3.13. The molecule has 6 heteroatoms. The van der Waals surface area contributed by atoms with Crippen molar-refractivity contribution in [3.05, 3.63) is 35.9 Å². The van der Waals surface area contributed by atoms with E-state index in [9.17, 15) is 4.39 Å². The summed E-state index contributed by atoms with van der Waals surface area (Å²) in [6, 6.07) is 6.47. The van der Waals surface area contributed by atoms with Crippen LogP contribution in [0.1, 0.15) is 12.2 Å². The highest BCUT2D eigenvalue weighted by atomic mass is 32.1. The molecule has 2 N–H and O–H groups in total. The van der Waals surface area contributed by atoms with Crippen LogP contribution in [0.25, 0.3) is 0 Å². The van der Waals surface area contributed by atoms with Crippen LogP contribution in [-0.2, 0) is 0 Å². The van der Waals surface area contributed by atoms with Crippen molar-refractivity contribution in [3.8, 4) is 0 Å². The fraction of sp³-hybridized carbons (Fsp3) is 0.333. The van der Waals surface area contributed by atoms with Gasteiger partial charge in [0.05, 0.1) is 0 Å². The Hall–Kier alpha value is -1.53. The Labute approximate surface area is 109 Å². The van der Waals surface area contributed by atoms with Crippen molar-refractivity contribution in [2.45, 2.75) is 13.3 Å². The molecule has 0 saturated heterocycles. The lowest BCUT2D eigenvalue weighted by Gasteiger charge is -2.21. The third kappa shape index (κ3) is 3.02. The molecule has 1 aromatic carbocycles. The number of aryl methyl sites for hydroxylation is 1. The Morgan fingerprint density at radius 1 is 1.44 bits per heavy atom. The minimum Gasteiger partial charge on any atom is -0.330 e. The number of halogens is 1. The molecule has 0 aliphatic heterocycles. The first-order chi connectivity index (χ1) is 8.70. The van der Waals surface area contributed by atoms with Gasteiger partial charge in [-0.3, -0.25) is 0 Å². The van der Waals surface area contributed by atoms with Gasteiger partial charge in [-0.25, -0.2) is 9.37 Å². The zero-order valence-corrected chi connectivity index (χ0v) is 11.0. The summed E-state index contributed by atoms with van der Waals surface area (Å²) in [5.74, 6) is 0.468. The Morgan fingerprint density at radius 3 is 2.89 bits per heavy atom. The summed E-state index contributed by atoms with van der Waals surface area (Å²) in [5, 5.41) is 0.770. The Balaban J connectivity index is 2.30. The van der Waals surface area contributed by atoms with Gasteiger partial charge in [0.2, 0.25) is 5.13 Å². The summed E-state index contributed by atoms with van der Waals surface area (Å²) in [6.07, 6.45) is 0.815. The van der Waals surface area contributed by atoms with Gasteiger partial charge in [-0.15, -0.1) is 0 Å². The average Bonchev–Trinajstić information content (AvgIpc) is 2.76. The lowest BCUT2D eigenvalue weighted by molar-refractivity contribution is 0.627. The smallest absolute Gasteiger partial charge is 0.209 e. The van der Waals surface area contributed by atoms with Gasteiger partial charge in [-0.05, 0) is 38.1 Å². The molecule has 0 bridgehead atoms. The van der Waals surface area contributed by atoms with Crippen LogP contribution in [0.2, 0.25) is 0 Å². The zero-order chi connectivity index (χ0) is 13.0. The number of nitrogens with zero attached hydrogens (tertiary/aromatic N) is 3. The van der Waals surface area contributed by atoms with Crippen molar-refractivity contribution in [1.82, 2.24) is 9.36 Å². The summed E-state index contributed by atoms with van der Waals surface area (Å²) in [7, 11) is 0. The summed E-state index contributed by atoms with van der Waals surface area (Å²) < 4.78 is 17.4. The second-order valence-electron chi connectivity index (χ2n) is 3.90. The van der Waals surface area contributed by atoms with Crippen LogP contribution >= 0.6 is 11.5 Å². The third-order valence-electron chi connectivity index (χ3n) is 2.45. The normalized spacial score (nSPS) is 10.6. The van der Waals surface area contributed by atoms with Gasteiger partial charge >= 0.3 is 0 Å². The van der Waals surface area contributed by atoms with Crippen molar-refractivity contribution < 1.29 is 4.39 Å². The van der Waals surface area contributed by atoms with Crippen LogP contribution in [0.5, 0.6) is 0 Å². The molecule has 2 rings (SSSR count). The maximum Gasteiger partial charge on any atom is 0.209 e. The van der Waals surface area contributed by atoms with Crippen molar-refractivity contribution >= 4 is 22.4 Å². The van der Waals surface area contributed by atoms with Crippen LogP contribution in [0.3, 0.4) is 0 Å². The Bertz CT molecular complexity index is 514. The van der Waals surface area contributed by atoms with Crippen molar-refractivity contribution in [3.63, 3.8) is 0 Å². The van der Waals surface area contributed by atoms with Crippen LogP contribution in [-0.4, -0.2) is 22.4 Å². The summed E-state index contributed by atoms with van der Waals surface area (Å²) in [5.41, 5.74) is 6.31. The van der Waals surface area contributed by atoms with E-state index in [0.717, 1.165) is 23.1 Å². The van der Waals surface area contributed by atoms with Crippen molar-refractivity contribution in [2.75, 3.05) is 18.0 Å². The Morgan fingerprint density at radius 2 is 2.28 bits per heavy atom. The first-order valence-corrected chi connectivity index (χ1v) is 6.51. The highest BCUT2D eigenvalue weighted by Crippen LogP contribution is 2.27. The van der Waals surface area contributed by atoms with E-state index >= 15 is 0 Å².